The Bertz CT molecular complexity index is 904. The molecule has 1 aliphatic carbocycles. The third-order valence-corrected chi connectivity index (χ3v) is 8.61. The maximum absolute atomic E-state index is 12.9. The Morgan fingerprint density at radius 1 is 1.26 bits per heavy atom. The summed E-state index contributed by atoms with van der Waals surface area (Å²) in [6, 6.07) is 6.42. The fourth-order valence-electron chi connectivity index (χ4n) is 4.66. The van der Waals surface area contributed by atoms with Gasteiger partial charge in [0.2, 0.25) is 5.91 Å². The van der Waals surface area contributed by atoms with Gasteiger partial charge in [0.25, 0.3) is 0 Å². The van der Waals surface area contributed by atoms with Crippen molar-refractivity contribution < 1.29 is 22.3 Å². The molecule has 1 aromatic carbocycles. The molecule has 1 saturated carbocycles. The molecular weight excluding hydrogens is 419 g/mol. The Kier molecular flexibility index (Phi) is 7.42. The van der Waals surface area contributed by atoms with E-state index in [9.17, 15) is 17.6 Å². The highest BCUT2D eigenvalue weighted by molar-refractivity contribution is 7.91. The molecule has 0 atom stereocenters. The standard InChI is InChI=1S/C23H33FN2O4S/c1-17(2)26-12-11-23(22(26)27)9-7-18(8-10-23)16-31(28,29)21-5-3-20(4-6-21)30-15-19(13-24)14-25/h3-6,13,17-18H,7-12,14-16,25H2,1-2H3/b19-13+/t18-,23-. The highest BCUT2D eigenvalue weighted by atomic mass is 32.2. The van der Waals surface area contributed by atoms with Crippen LogP contribution in [0.25, 0.3) is 0 Å². The lowest BCUT2D eigenvalue weighted by Crippen LogP contribution is -2.40. The fourth-order valence-corrected chi connectivity index (χ4v) is 6.36. The molecular formula is C23H33FN2O4S. The van der Waals surface area contributed by atoms with Gasteiger partial charge in [-0.05, 0) is 76.1 Å². The minimum Gasteiger partial charge on any atom is -0.489 e. The first kappa shape index (κ1) is 23.7. The quantitative estimate of drug-likeness (QED) is 0.652. The molecule has 1 aliphatic heterocycles. The van der Waals surface area contributed by atoms with Gasteiger partial charge in [-0.1, -0.05) is 0 Å². The van der Waals surface area contributed by atoms with Crippen molar-refractivity contribution >= 4 is 15.7 Å². The Morgan fingerprint density at radius 2 is 1.90 bits per heavy atom. The molecule has 172 valence electrons. The molecule has 1 amide bonds. The molecule has 2 N–H and O–H groups in total. The predicted molar refractivity (Wildman–Crippen MR) is 118 cm³/mol. The van der Waals surface area contributed by atoms with E-state index in [0.29, 0.717) is 17.7 Å². The van der Waals surface area contributed by atoms with E-state index < -0.39 is 9.84 Å². The minimum atomic E-state index is -3.43. The summed E-state index contributed by atoms with van der Waals surface area (Å²) in [6.45, 7) is 4.98. The van der Waals surface area contributed by atoms with E-state index in [1.807, 2.05) is 18.7 Å². The highest BCUT2D eigenvalue weighted by Gasteiger charge is 2.49. The summed E-state index contributed by atoms with van der Waals surface area (Å²) in [5.41, 5.74) is 5.44. The molecule has 3 rings (SSSR count). The molecule has 31 heavy (non-hydrogen) atoms. The molecule has 0 unspecified atom stereocenters. The topological polar surface area (TPSA) is 89.7 Å². The van der Waals surface area contributed by atoms with Gasteiger partial charge in [0.05, 0.1) is 22.4 Å². The van der Waals surface area contributed by atoms with Crippen LogP contribution in [-0.4, -0.2) is 50.7 Å². The van der Waals surface area contributed by atoms with Gasteiger partial charge in [-0.3, -0.25) is 4.79 Å². The van der Waals surface area contributed by atoms with Crippen molar-refractivity contribution in [2.75, 3.05) is 25.4 Å². The van der Waals surface area contributed by atoms with Gasteiger partial charge >= 0.3 is 0 Å². The van der Waals surface area contributed by atoms with E-state index >= 15 is 0 Å². The first-order valence-electron chi connectivity index (χ1n) is 11.0. The zero-order chi connectivity index (χ0) is 22.6. The lowest BCUT2D eigenvalue weighted by atomic mass is 9.70. The number of halogens is 1. The molecule has 0 radical (unpaired) electrons. The number of sulfone groups is 1. The van der Waals surface area contributed by atoms with Crippen LogP contribution in [-0.2, 0) is 14.6 Å². The highest BCUT2D eigenvalue weighted by Crippen LogP contribution is 2.47. The van der Waals surface area contributed by atoms with Crippen molar-refractivity contribution in [3.05, 3.63) is 36.2 Å². The Labute approximate surface area is 184 Å². The summed E-state index contributed by atoms with van der Waals surface area (Å²) in [5, 5.41) is 0. The molecule has 1 aromatic rings. The smallest absolute Gasteiger partial charge is 0.229 e. The van der Waals surface area contributed by atoms with Gasteiger partial charge in [-0.25, -0.2) is 12.8 Å². The van der Waals surface area contributed by atoms with Crippen LogP contribution >= 0.6 is 0 Å². The summed E-state index contributed by atoms with van der Waals surface area (Å²) in [6.07, 6.45) is 4.37. The maximum atomic E-state index is 12.9. The van der Waals surface area contributed by atoms with Gasteiger partial charge in [0.1, 0.15) is 12.4 Å². The van der Waals surface area contributed by atoms with Crippen molar-refractivity contribution in [2.45, 2.75) is 56.9 Å². The second kappa shape index (κ2) is 9.69. The van der Waals surface area contributed by atoms with Crippen molar-refractivity contribution in [2.24, 2.45) is 17.1 Å². The summed E-state index contributed by atoms with van der Waals surface area (Å²) >= 11 is 0. The Hall–Kier alpha value is -1.93. The van der Waals surface area contributed by atoms with Crippen molar-refractivity contribution in [1.82, 2.24) is 4.90 Å². The van der Waals surface area contributed by atoms with Crippen LogP contribution in [0, 0.1) is 11.3 Å². The van der Waals surface area contributed by atoms with Crippen molar-refractivity contribution in [1.29, 1.82) is 0 Å². The summed E-state index contributed by atoms with van der Waals surface area (Å²) in [4.78, 5) is 15.1. The lowest BCUT2D eigenvalue weighted by molar-refractivity contribution is -0.139. The summed E-state index contributed by atoms with van der Waals surface area (Å²) < 4.78 is 43.8. The zero-order valence-electron chi connectivity index (χ0n) is 18.3. The number of nitrogens with zero attached hydrogens (tertiary/aromatic N) is 1. The van der Waals surface area contributed by atoms with Gasteiger partial charge in [-0.15, -0.1) is 0 Å². The van der Waals surface area contributed by atoms with Crippen molar-refractivity contribution in [3.63, 3.8) is 0 Å². The van der Waals surface area contributed by atoms with E-state index in [-0.39, 0.29) is 47.1 Å². The lowest BCUT2D eigenvalue weighted by Gasteiger charge is -2.36. The Morgan fingerprint density at radius 3 is 2.42 bits per heavy atom. The van der Waals surface area contributed by atoms with Gasteiger partial charge in [0, 0.05) is 24.7 Å². The monoisotopic (exact) mass is 452 g/mol. The molecule has 0 bridgehead atoms. The number of hydrogen-bond donors (Lipinski definition) is 1. The largest absolute Gasteiger partial charge is 0.489 e. The molecule has 2 fully saturated rings. The summed E-state index contributed by atoms with van der Waals surface area (Å²) in [7, 11) is -3.43. The van der Waals surface area contributed by atoms with Crippen LogP contribution in [0.4, 0.5) is 4.39 Å². The molecule has 2 aliphatic rings. The van der Waals surface area contributed by atoms with Crippen LogP contribution in [0.5, 0.6) is 5.75 Å². The molecule has 0 aromatic heterocycles. The van der Waals surface area contributed by atoms with Gasteiger partial charge in [0.15, 0.2) is 9.84 Å². The van der Waals surface area contributed by atoms with Crippen LogP contribution in [0.3, 0.4) is 0 Å². The average Bonchev–Trinajstić information content (AvgIpc) is 3.07. The number of ether oxygens (including phenoxy) is 1. The summed E-state index contributed by atoms with van der Waals surface area (Å²) in [5.74, 6) is 0.864. The third-order valence-electron chi connectivity index (χ3n) is 6.71. The van der Waals surface area contributed by atoms with E-state index in [1.165, 1.54) is 12.1 Å². The molecule has 8 heteroatoms. The van der Waals surface area contributed by atoms with E-state index in [2.05, 4.69) is 0 Å². The number of nitrogens with two attached hydrogens (primary N) is 1. The number of hydrogen-bond acceptors (Lipinski definition) is 5. The zero-order valence-corrected chi connectivity index (χ0v) is 19.2. The van der Waals surface area contributed by atoms with E-state index in [0.717, 1.165) is 38.6 Å². The number of amides is 1. The Balaban J connectivity index is 1.56. The van der Waals surface area contributed by atoms with E-state index in [1.54, 1.807) is 12.1 Å². The third kappa shape index (κ3) is 5.29. The van der Waals surface area contributed by atoms with E-state index in [4.69, 9.17) is 10.5 Å². The van der Waals surface area contributed by atoms with Crippen molar-refractivity contribution in [3.8, 4) is 5.75 Å². The first-order chi connectivity index (χ1) is 14.7. The second-order valence-corrected chi connectivity index (χ2v) is 11.1. The number of benzene rings is 1. The molecule has 1 heterocycles. The SMILES string of the molecule is CC(C)N1CC[C@]2(CC[C@@H](CS(=O)(=O)c3ccc(OC/C(=C/F)CN)cc3)CC2)C1=O. The van der Waals surface area contributed by atoms with Crippen LogP contribution < -0.4 is 10.5 Å². The maximum Gasteiger partial charge on any atom is 0.229 e. The van der Waals surface area contributed by atoms with Gasteiger partial charge < -0.3 is 15.4 Å². The van der Waals surface area contributed by atoms with Gasteiger partial charge in [-0.2, -0.15) is 0 Å². The number of carbonyl (C=O) groups is 1. The normalized spacial score (nSPS) is 24.9. The average molecular weight is 453 g/mol. The number of rotatable bonds is 8. The minimum absolute atomic E-state index is 0.0237. The molecule has 6 nitrogen and oxygen atoms in total. The number of likely N-dealkylation sites (tertiary alicyclic amines) is 1. The molecule has 1 saturated heterocycles. The predicted octanol–water partition coefficient (Wildman–Crippen LogP) is 3.47. The first-order valence-corrected chi connectivity index (χ1v) is 12.6. The molecule has 1 spiro atoms. The van der Waals surface area contributed by atoms with Crippen LogP contribution in [0.1, 0.15) is 46.0 Å². The van der Waals surface area contributed by atoms with Crippen LogP contribution in [0.2, 0.25) is 0 Å². The fraction of sp³-hybridized carbons (Fsp3) is 0.609. The second-order valence-electron chi connectivity index (χ2n) is 9.08. The van der Waals surface area contributed by atoms with Crippen LogP contribution in [0.15, 0.2) is 41.1 Å². The number of carbonyl (C=O) groups excluding carboxylic acids is 1.